The van der Waals surface area contributed by atoms with E-state index in [1.807, 2.05) is 6.92 Å². The number of aromatic nitrogens is 1. The van der Waals surface area contributed by atoms with Gasteiger partial charge in [-0.2, -0.15) is 0 Å². The second kappa shape index (κ2) is 7.18. The molecule has 0 fully saturated rings. The van der Waals surface area contributed by atoms with Crippen molar-refractivity contribution in [1.29, 1.82) is 0 Å². The molecule has 0 saturated carbocycles. The fourth-order valence-corrected chi connectivity index (χ4v) is 1.76. The van der Waals surface area contributed by atoms with Gasteiger partial charge in [-0.05, 0) is 31.4 Å². The molecule has 0 saturated heterocycles. The second-order valence-corrected chi connectivity index (χ2v) is 4.78. The number of urea groups is 1. The third-order valence-corrected chi connectivity index (χ3v) is 2.55. The lowest BCUT2D eigenvalue weighted by Crippen LogP contribution is -2.33. The smallest absolute Gasteiger partial charge is 0.319 e. The van der Waals surface area contributed by atoms with Crippen LogP contribution in [0.1, 0.15) is 20.3 Å². The zero-order valence-corrected chi connectivity index (χ0v) is 11.2. The number of anilines is 1. The number of pyridine rings is 1. The van der Waals surface area contributed by atoms with Crippen molar-refractivity contribution >= 4 is 23.3 Å². The van der Waals surface area contributed by atoms with Gasteiger partial charge in [0.25, 0.3) is 0 Å². The molecule has 2 amide bonds. The number of rotatable bonds is 5. The summed E-state index contributed by atoms with van der Waals surface area (Å²) in [6.07, 6.45) is 1.82. The number of aliphatic hydroxyl groups is 1. The SMILES string of the molecule is C[C@@H](CNC(=O)Nc1ccnc(Cl)c1)C[C@@H](C)O. The molecule has 0 aliphatic carbocycles. The Morgan fingerprint density at radius 2 is 2.28 bits per heavy atom. The quantitative estimate of drug-likeness (QED) is 0.719. The van der Waals surface area contributed by atoms with E-state index in [1.165, 1.54) is 6.20 Å². The Morgan fingerprint density at radius 3 is 2.89 bits per heavy atom. The molecule has 0 radical (unpaired) electrons. The zero-order chi connectivity index (χ0) is 13.5. The first-order valence-corrected chi connectivity index (χ1v) is 6.19. The summed E-state index contributed by atoms with van der Waals surface area (Å²) in [5.74, 6) is 0.219. The van der Waals surface area contributed by atoms with Gasteiger partial charge in [0.1, 0.15) is 5.15 Å². The highest BCUT2D eigenvalue weighted by Crippen LogP contribution is 2.11. The maximum Gasteiger partial charge on any atom is 0.319 e. The summed E-state index contributed by atoms with van der Waals surface area (Å²) in [5.41, 5.74) is 0.593. The van der Waals surface area contributed by atoms with Crippen LogP contribution >= 0.6 is 11.6 Å². The average molecular weight is 272 g/mol. The predicted molar refractivity (Wildman–Crippen MR) is 71.7 cm³/mol. The number of nitrogens with one attached hydrogen (secondary N) is 2. The van der Waals surface area contributed by atoms with E-state index in [1.54, 1.807) is 19.1 Å². The lowest BCUT2D eigenvalue weighted by molar-refractivity contribution is 0.163. The highest BCUT2D eigenvalue weighted by molar-refractivity contribution is 6.29. The molecular weight excluding hydrogens is 254 g/mol. The molecule has 0 aromatic carbocycles. The minimum atomic E-state index is -0.358. The van der Waals surface area contributed by atoms with Crippen molar-refractivity contribution in [3.8, 4) is 0 Å². The van der Waals surface area contributed by atoms with Crippen molar-refractivity contribution in [2.45, 2.75) is 26.4 Å². The molecule has 1 aromatic rings. The Hall–Kier alpha value is -1.33. The summed E-state index contributed by atoms with van der Waals surface area (Å²) >= 11 is 5.70. The van der Waals surface area contributed by atoms with E-state index in [0.717, 1.165) is 0 Å². The lowest BCUT2D eigenvalue weighted by Gasteiger charge is -2.14. The molecule has 0 aliphatic rings. The number of hydrogen-bond acceptors (Lipinski definition) is 3. The van der Waals surface area contributed by atoms with Crippen LogP contribution in [-0.4, -0.2) is 28.8 Å². The molecule has 0 aliphatic heterocycles. The summed E-state index contributed by atoms with van der Waals surface area (Å²) in [6, 6.07) is 2.93. The van der Waals surface area contributed by atoms with E-state index in [9.17, 15) is 9.90 Å². The topological polar surface area (TPSA) is 74.2 Å². The molecule has 2 atom stereocenters. The lowest BCUT2D eigenvalue weighted by atomic mass is 10.1. The van der Waals surface area contributed by atoms with E-state index in [4.69, 9.17) is 11.6 Å². The maximum atomic E-state index is 11.6. The molecule has 18 heavy (non-hydrogen) atoms. The van der Waals surface area contributed by atoms with Crippen LogP contribution in [0.15, 0.2) is 18.3 Å². The standard InChI is InChI=1S/C12H18ClN3O2/c1-8(5-9(2)17)7-15-12(18)16-10-3-4-14-11(13)6-10/h3-4,6,8-9,17H,5,7H2,1-2H3,(H2,14,15,16,18)/t8-,9-/m1/s1. The van der Waals surface area contributed by atoms with Crippen molar-refractivity contribution in [3.63, 3.8) is 0 Å². The van der Waals surface area contributed by atoms with Gasteiger partial charge in [-0.25, -0.2) is 9.78 Å². The van der Waals surface area contributed by atoms with Crippen molar-refractivity contribution in [2.24, 2.45) is 5.92 Å². The van der Waals surface area contributed by atoms with Crippen LogP contribution in [0, 0.1) is 5.92 Å². The highest BCUT2D eigenvalue weighted by Gasteiger charge is 2.08. The second-order valence-electron chi connectivity index (χ2n) is 4.39. The number of nitrogens with zero attached hydrogens (tertiary/aromatic N) is 1. The molecule has 1 heterocycles. The number of carbonyl (C=O) groups is 1. The van der Waals surface area contributed by atoms with Gasteiger partial charge in [0.2, 0.25) is 0 Å². The van der Waals surface area contributed by atoms with Crippen LogP contribution in [0.4, 0.5) is 10.5 Å². The van der Waals surface area contributed by atoms with Crippen molar-refractivity contribution in [2.75, 3.05) is 11.9 Å². The zero-order valence-electron chi connectivity index (χ0n) is 10.5. The first kappa shape index (κ1) is 14.7. The number of aliphatic hydroxyl groups excluding tert-OH is 1. The summed E-state index contributed by atoms with van der Waals surface area (Å²) < 4.78 is 0. The summed E-state index contributed by atoms with van der Waals surface area (Å²) in [7, 11) is 0. The van der Waals surface area contributed by atoms with E-state index in [0.29, 0.717) is 23.8 Å². The van der Waals surface area contributed by atoms with Gasteiger partial charge < -0.3 is 15.7 Å². The first-order valence-electron chi connectivity index (χ1n) is 5.82. The Balaban J connectivity index is 2.34. The van der Waals surface area contributed by atoms with Crippen LogP contribution in [0.25, 0.3) is 0 Å². The monoisotopic (exact) mass is 271 g/mol. The van der Waals surface area contributed by atoms with Crippen molar-refractivity contribution in [3.05, 3.63) is 23.5 Å². The molecule has 0 bridgehead atoms. The molecule has 0 spiro atoms. The van der Waals surface area contributed by atoms with Gasteiger partial charge in [0, 0.05) is 18.4 Å². The predicted octanol–water partition coefficient (Wildman–Crippen LogP) is 2.26. The Kier molecular flexibility index (Phi) is 5.88. The Bertz CT molecular complexity index is 399. The van der Waals surface area contributed by atoms with Gasteiger partial charge in [-0.3, -0.25) is 0 Å². The molecule has 100 valence electrons. The fourth-order valence-electron chi connectivity index (χ4n) is 1.59. The van der Waals surface area contributed by atoms with Gasteiger partial charge >= 0.3 is 6.03 Å². The molecule has 1 aromatic heterocycles. The van der Waals surface area contributed by atoms with Crippen molar-refractivity contribution < 1.29 is 9.90 Å². The van der Waals surface area contributed by atoms with Crippen LogP contribution in [0.3, 0.4) is 0 Å². The summed E-state index contributed by atoms with van der Waals surface area (Å²) in [5, 5.41) is 14.9. The molecule has 6 heteroatoms. The van der Waals surface area contributed by atoms with E-state index < -0.39 is 0 Å². The van der Waals surface area contributed by atoms with Crippen LogP contribution in [0.5, 0.6) is 0 Å². The van der Waals surface area contributed by atoms with Crippen LogP contribution < -0.4 is 10.6 Å². The van der Waals surface area contributed by atoms with Crippen LogP contribution in [0.2, 0.25) is 5.15 Å². The minimum absolute atomic E-state index is 0.219. The third kappa shape index (κ3) is 5.84. The number of carbonyl (C=O) groups excluding carboxylic acids is 1. The van der Waals surface area contributed by atoms with E-state index >= 15 is 0 Å². The minimum Gasteiger partial charge on any atom is -0.393 e. The average Bonchev–Trinajstić information content (AvgIpc) is 2.25. The van der Waals surface area contributed by atoms with Gasteiger partial charge in [0.15, 0.2) is 0 Å². The Morgan fingerprint density at radius 1 is 1.56 bits per heavy atom. The molecule has 0 unspecified atom stereocenters. The Labute approximate surface area is 112 Å². The number of amides is 2. The summed E-state index contributed by atoms with van der Waals surface area (Å²) in [4.78, 5) is 15.4. The van der Waals surface area contributed by atoms with Gasteiger partial charge in [-0.1, -0.05) is 18.5 Å². The largest absolute Gasteiger partial charge is 0.393 e. The van der Waals surface area contributed by atoms with E-state index in [-0.39, 0.29) is 18.1 Å². The fraction of sp³-hybridized carbons (Fsp3) is 0.500. The normalized spacial score (nSPS) is 13.8. The molecule has 5 nitrogen and oxygen atoms in total. The molecular formula is C12H18ClN3O2. The number of hydrogen-bond donors (Lipinski definition) is 3. The van der Waals surface area contributed by atoms with Crippen molar-refractivity contribution in [1.82, 2.24) is 10.3 Å². The number of halogens is 1. The maximum absolute atomic E-state index is 11.6. The molecule has 3 N–H and O–H groups in total. The summed E-state index contributed by atoms with van der Waals surface area (Å²) in [6.45, 7) is 4.21. The first-order chi connectivity index (χ1) is 8.47. The molecule has 1 rings (SSSR count). The highest BCUT2D eigenvalue weighted by atomic mass is 35.5. The van der Waals surface area contributed by atoms with Gasteiger partial charge in [0.05, 0.1) is 6.10 Å². The third-order valence-electron chi connectivity index (χ3n) is 2.34. The van der Waals surface area contributed by atoms with Crippen LogP contribution in [-0.2, 0) is 0 Å². The van der Waals surface area contributed by atoms with Gasteiger partial charge in [-0.15, -0.1) is 0 Å². The van der Waals surface area contributed by atoms with E-state index in [2.05, 4.69) is 15.6 Å².